The predicted octanol–water partition coefficient (Wildman–Crippen LogP) is 2.59. The van der Waals surface area contributed by atoms with Gasteiger partial charge in [-0.1, -0.05) is 11.6 Å². The number of carboxylic acids is 1. The average Bonchev–Trinajstić information content (AvgIpc) is 2.53. The van der Waals surface area contributed by atoms with Crippen LogP contribution in [0.25, 0.3) is 10.9 Å². The number of fused-ring (bicyclic) bond motifs is 1. The highest BCUT2D eigenvalue weighted by atomic mass is 35.5. The molecule has 23 heavy (non-hydrogen) atoms. The van der Waals surface area contributed by atoms with Crippen LogP contribution in [0, 0.1) is 0 Å². The number of aromatic nitrogens is 1. The molecule has 1 N–H and O–H groups in total. The predicted molar refractivity (Wildman–Crippen MR) is 86.7 cm³/mol. The summed E-state index contributed by atoms with van der Waals surface area (Å²) in [6, 6.07) is 6.86. The Labute approximate surface area is 138 Å². The SMILES string of the molecule is CN(C(=O)COc1ccc(Cl)c2cccnc12)C(C)(C)C(=O)O. The van der Waals surface area contributed by atoms with Gasteiger partial charge in [-0.05, 0) is 38.1 Å². The summed E-state index contributed by atoms with van der Waals surface area (Å²) in [5, 5.41) is 10.4. The van der Waals surface area contributed by atoms with Crippen LogP contribution in [0.4, 0.5) is 0 Å². The Morgan fingerprint density at radius 2 is 2.04 bits per heavy atom. The molecule has 0 atom stereocenters. The number of likely N-dealkylation sites (N-methyl/N-ethyl adjacent to an activating group) is 1. The molecule has 1 aromatic heterocycles. The normalized spacial score (nSPS) is 11.3. The maximum absolute atomic E-state index is 12.2. The standard InChI is InChI=1S/C16H17ClN2O4/c1-16(2,15(21)22)19(3)13(20)9-23-12-7-6-11(17)10-5-4-8-18-14(10)12/h4-8H,9H2,1-3H3,(H,21,22). The maximum Gasteiger partial charge on any atom is 0.329 e. The van der Waals surface area contributed by atoms with Crippen LogP contribution >= 0.6 is 11.6 Å². The van der Waals surface area contributed by atoms with Crippen molar-refractivity contribution in [2.24, 2.45) is 0 Å². The van der Waals surface area contributed by atoms with Crippen molar-refractivity contribution in [3.8, 4) is 5.75 Å². The second-order valence-corrected chi connectivity index (χ2v) is 5.96. The third kappa shape index (κ3) is 3.37. The Hall–Kier alpha value is -2.34. The number of nitrogens with zero attached hydrogens (tertiary/aromatic N) is 2. The highest BCUT2D eigenvalue weighted by Gasteiger charge is 2.35. The van der Waals surface area contributed by atoms with Crippen molar-refractivity contribution >= 4 is 34.4 Å². The van der Waals surface area contributed by atoms with Gasteiger partial charge in [-0.3, -0.25) is 9.78 Å². The summed E-state index contributed by atoms with van der Waals surface area (Å²) in [6.45, 7) is 2.61. The van der Waals surface area contributed by atoms with E-state index < -0.39 is 17.4 Å². The van der Waals surface area contributed by atoms with Crippen LogP contribution in [0.1, 0.15) is 13.8 Å². The van der Waals surface area contributed by atoms with Gasteiger partial charge in [0, 0.05) is 18.6 Å². The molecule has 0 bridgehead atoms. The zero-order valence-corrected chi connectivity index (χ0v) is 13.8. The largest absolute Gasteiger partial charge is 0.481 e. The van der Waals surface area contributed by atoms with Gasteiger partial charge in [0.1, 0.15) is 16.8 Å². The van der Waals surface area contributed by atoms with Gasteiger partial charge in [-0.25, -0.2) is 4.79 Å². The van der Waals surface area contributed by atoms with E-state index in [4.69, 9.17) is 21.4 Å². The minimum Gasteiger partial charge on any atom is -0.481 e. The van der Waals surface area contributed by atoms with Crippen LogP contribution in [0.2, 0.25) is 5.02 Å². The monoisotopic (exact) mass is 336 g/mol. The van der Waals surface area contributed by atoms with Crippen LogP contribution in [-0.2, 0) is 9.59 Å². The van der Waals surface area contributed by atoms with E-state index in [1.54, 1.807) is 30.5 Å². The smallest absolute Gasteiger partial charge is 0.329 e. The van der Waals surface area contributed by atoms with Gasteiger partial charge in [0.2, 0.25) is 0 Å². The zero-order valence-electron chi connectivity index (χ0n) is 13.0. The molecule has 0 aliphatic heterocycles. The van der Waals surface area contributed by atoms with Gasteiger partial charge in [0.15, 0.2) is 6.61 Å². The van der Waals surface area contributed by atoms with Gasteiger partial charge in [-0.15, -0.1) is 0 Å². The number of carbonyl (C=O) groups excluding carboxylic acids is 1. The minimum atomic E-state index is -1.32. The number of aliphatic carboxylic acids is 1. The first-order valence-corrected chi connectivity index (χ1v) is 7.29. The number of hydrogen-bond acceptors (Lipinski definition) is 4. The number of carbonyl (C=O) groups is 2. The Bertz CT molecular complexity index is 761. The first kappa shape index (κ1) is 17.0. The van der Waals surface area contributed by atoms with E-state index in [-0.39, 0.29) is 6.61 Å². The molecule has 0 saturated heterocycles. The van der Waals surface area contributed by atoms with E-state index in [2.05, 4.69) is 4.98 Å². The minimum absolute atomic E-state index is 0.291. The molecule has 0 unspecified atom stereocenters. The number of rotatable bonds is 5. The van der Waals surface area contributed by atoms with Crippen LogP contribution < -0.4 is 4.74 Å². The van der Waals surface area contributed by atoms with Gasteiger partial charge >= 0.3 is 5.97 Å². The third-order valence-corrected chi connectivity index (χ3v) is 4.10. The fraction of sp³-hybridized carbons (Fsp3) is 0.312. The van der Waals surface area contributed by atoms with E-state index in [1.807, 2.05) is 0 Å². The van der Waals surface area contributed by atoms with Crippen LogP contribution in [0.15, 0.2) is 30.5 Å². The molecule has 0 saturated carbocycles. The number of benzene rings is 1. The summed E-state index contributed by atoms with van der Waals surface area (Å²) in [4.78, 5) is 28.7. The number of amides is 1. The molecule has 1 aromatic carbocycles. The summed E-state index contributed by atoms with van der Waals surface area (Å²) in [7, 11) is 1.43. The second-order valence-electron chi connectivity index (χ2n) is 5.55. The maximum atomic E-state index is 12.2. The molecule has 122 valence electrons. The summed E-state index contributed by atoms with van der Waals surface area (Å²) in [5.41, 5.74) is -0.770. The summed E-state index contributed by atoms with van der Waals surface area (Å²) < 4.78 is 5.53. The van der Waals surface area contributed by atoms with Gasteiger partial charge in [-0.2, -0.15) is 0 Å². The van der Waals surface area contributed by atoms with E-state index in [0.29, 0.717) is 16.3 Å². The van der Waals surface area contributed by atoms with E-state index in [1.165, 1.54) is 20.9 Å². The molecular weight excluding hydrogens is 320 g/mol. The Morgan fingerprint density at radius 1 is 1.35 bits per heavy atom. The lowest BCUT2D eigenvalue weighted by atomic mass is 10.0. The molecule has 2 aromatic rings. The molecule has 0 aliphatic carbocycles. The molecule has 6 nitrogen and oxygen atoms in total. The van der Waals surface area contributed by atoms with Gasteiger partial charge in [0.05, 0.1) is 5.02 Å². The first-order valence-electron chi connectivity index (χ1n) is 6.91. The number of hydrogen-bond donors (Lipinski definition) is 1. The van der Waals surface area contributed by atoms with Crippen molar-refractivity contribution in [2.75, 3.05) is 13.7 Å². The highest BCUT2D eigenvalue weighted by Crippen LogP contribution is 2.29. The Balaban J connectivity index is 2.17. The van der Waals surface area contributed by atoms with Crippen molar-refractivity contribution in [1.29, 1.82) is 0 Å². The molecule has 1 heterocycles. The Kier molecular flexibility index (Phi) is 4.75. The highest BCUT2D eigenvalue weighted by molar-refractivity contribution is 6.35. The lowest BCUT2D eigenvalue weighted by Crippen LogP contribution is -2.52. The number of carboxylic acid groups (broad SMARTS) is 1. The van der Waals surface area contributed by atoms with Crippen LogP contribution in [0.3, 0.4) is 0 Å². The van der Waals surface area contributed by atoms with Crippen molar-refractivity contribution < 1.29 is 19.4 Å². The Morgan fingerprint density at radius 3 is 2.70 bits per heavy atom. The lowest BCUT2D eigenvalue weighted by molar-refractivity contribution is -0.156. The zero-order chi connectivity index (χ0) is 17.2. The van der Waals surface area contributed by atoms with Crippen molar-refractivity contribution in [2.45, 2.75) is 19.4 Å². The number of ether oxygens (including phenoxy) is 1. The molecule has 0 radical (unpaired) electrons. The van der Waals surface area contributed by atoms with E-state index in [9.17, 15) is 9.59 Å². The van der Waals surface area contributed by atoms with Gasteiger partial charge in [0.25, 0.3) is 5.91 Å². The first-order chi connectivity index (χ1) is 10.7. The van der Waals surface area contributed by atoms with Crippen molar-refractivity contribution in [3.63, 3.8) is 0 Å². The molecule has 7 heteroatoms. The quantitative estimate of drug-likeness (QED) is 0.907. The number of pyridine rings is 1. The van der Waals surface area contributed by atoms with Crippen molar-refractivity contribution in [3.05, 3.63) is 35.5 Å². The number of halogens is 1. The fourth-order valence-electron chi connectivity index (χ4n) is 1.92. The fourth-order valence-corrected chi connectivity index (χ4v) is 2.14. The topological polar surface area (TPSA) is 79.7 Å². The molecular formula is C16H17ClN2O4. The van der Waals surface area contributed by atoms with Crippen molar-refractivity contribution in [1.82, 2.24) is 9.88 Å². The average molecular weight is 337 g/mol. The second kappa shape index (κ2) is 6.42. The molecule has 0 fully saturated rings. The molecule has 1 amide bonds. The molecule has 2 rings (SSSR count). The molecule has 0 spiro atoms. The third-order valence-electron chi connectivity index (χ3n) is 3.77. The van der Waals surface area contributed by atoms with Crippen LogP contribution in [0.5, 0.6) is 5.75 Å². The molecule has 0 aliphatic rings. The summed E-state index contributed by atoms with van der Waals surface area (Å²) in [6.07, 6.45) is 1.60. The van der Waals surface area contributed by atoms with Gasteiger partial charge < -0.3 is 14.7 Å². The summed E-state index contributed by atoms with van der Waals surface area (Å²) >= 11 is 6.10. The van der Waals surface area contributed by atoms with E-state index in [0.717, 1.165) is 10.3 Å². The van der Waals surface area contributed by atoms with E-state index >= 15 is 0 Å². The summed E-state index contributed by atoms with van der Waals surface area (Å²) in [5.74, 6) is -1.12. The lowest BCUT2D eigenvalue weighted by Gasteiger charge is -2.31. The van der Waals surface area contributed by atoms with Crippen LogP contribution in [-0.4, -0.2) is 46.1 Å².